The molecule has 0 aliphatic carbocycles. The molecular weight excluding hydrogens is 491 g/mol. The summed E-state index contributed by atoms with van der Waals surface area (Å²) >= 11 is 0. The molecular formula is C32H34N2O3P+. The molecule has 0 bridgehead atoms. The summed E-state index contributed by atoms with van der Waals surface area (Å²) in [5.74, 6) is -0.223. The standard InChI is InChI=1S/C32H33N2O3P/c1-32(2,3)30(33-31(35)26-19-21-27(22-20-26)34(36)37)24-38(28-15-9-5-10-16-28,29-17-11-6-12-18-29)23-25-13-7-4-8-14-25/h4-22,30H,23-24H2,1-3H3/p+1/t30-/m1/s1. The number of rotatable bonds is 9. The first-order valence-corrected chi connectivity index (χ1v) is 14.9. The molecule has 0 saturated heterocycles. The van der Waals surface area contributed by atoms with Gasteiger partial charge in [-0.25, -0.2) is 0 Å². The fraction of sp³-hybridized carbons (Fsp3) is 0.219. The van der Waals surface area contributed by atoms with E-state index >= 15 is 0 Å². The van der Waals surface area contributed by atoms with Gasteiger partial charge < -0.3 is 5.32 Å². The van der Waals surface area contributed by atoms with Crippen molar-refractivity contribution in [3.05, 3.63) is 137 Å². The minimum absolute atomic E-state index is 0.0325. The summed E-state index contributed by atoms with van der Waals surface area (Å²) in [7, 11) is -2.05. The number of nitrogens with one attached hydrogen (secondary N) is 1. The average molecular weight is 526 g/mol. The molecule has 0 heterocycles. The Bertz CT molecular complexity index is 1310. The van der Waals surface area contributed by atoms with Crippen LogP contribution in [0, 0.1) is 15.5 Å². The van der Waals surface area contributed by atoms with Gasteiger partial charge in [0.15, 0.2) is 0 Å². The number of nitro benzene ring substituents is 1. The molecule has 4 rings (SSSR count). The smallest absolute Gasteiger partial charge is 0.269 e. The van der Waals surface area contributed by atoms with E-state index in [9.17, 15) is 14.9 Å². The number of benzene rings is 4. The molecule has 1 atom stereocenters. The molecule has 4 aromatic rings. The van der Waals surface area contributed by atoms with Crippen molar-refractivity contribution in [2.75, 3.05) is 6.16 Å². The Morgan fingerprint density at radius 2 is 1.26 bits per heavy atom. The van der Waals surface area contributed by atoms with Gasteiger partial charge in [-0.15, -0.1) is 0 Å². The summed E-state index contributed by atoms with van der Waals surface area (Å²) in [5.41, 5.74) is 1.41. The van der Waals surface area contributed by atoms with E-state index in [1.165, 1.54) is 40.4 Å². The Kier molecular flexibility index (Phi) is 8.38. The topological polar surface area (TPSA) is 72.2 Å². The van der Waals surface area contributed by atoms with E-state index in [-0.39, 0.29) is 23.1 Å². The predicted molar refractivity (Wildman–Crippen MR) is 158 cm³/mol. The number of nitrogens with zero attached hydrogens (tertiary/aromatic N) is 1. The average Bonchev–Trinajstić information content (AvgIpc) is 2.93. The monoisotopic (exact) mass is 525 g/mol. The summed E-state index contributed by atoms with van der Waals surface area (Å²) in [6, 6.07) is 37.6. The predicted octanol–water partition coefficient (Wildman–Crippen LogP) is 6.61. The molecule has 5 nitrogen and oxygen atoms in total. The van der Waals surface area contributed by atoms with Gasteiger partial charge in [-0.3, -0.25) is 14.9 Å². The van der Waals surface area contributed by atoms with Gasteiger partial charge in [0, 0.05) is 17.7 Å². The van der Waals surface area contributed by atoms with E-state index < -0.39 is 12.2 Å². The molecule has 0 aliphatic heterocycles. The van der Waals surface area contributed by atoms with Crippen LogP contribution in [0.5, 0.6) is 0 Å². The number of nitro groups is 1. The van der Waals surface area contributed by atoms with Crippen molar-refractivity contribution in [1.82, 2.24) is 5.32 Å². The molecule has 194 valence electrons. The molecule has 4 aromatic carbocycles. The highest BCUT2D eigenvalue weighted by Gasteiger charge is 2.47. The zero-order valence-electron chi connectivity index (χ0n) is 22.1. The SMILES string of the molecule is CC(C)(C)[C@@H](C[P+](Cc1ccccc1)(c1ccccc1)c1ccccc1)NC(=O)c1ccc([N+](=O)[O-])cc1. The highest BCUT2D eigenvalue weighted by molar-refractivity contribution is 7.88. The van der Waals surface area contributed by atoms with Crippen LogP contribution in [0.2, 0.25) is 0 Å². The third-order valence-corrected chi connectivity index (χ3v) is 11.4. The van der Waals surface area contributed by atoms with Crippen molar-refractivity contribution in [1.29, 1.82) is 0 Å². The molecule has 1 N–H and O–H groups in total. The number of carbonyl (C=O) groups is 1. The maximum atomic E-state index is 13.4. The first-order valence-electron chi connectivity index (χ1n) is 12.8. The van der Waals surface area contributed by atoms with E-state index in [0.717, 1.165) is 12.3 Å². The second kappa shape index (κ2) is 11.7. The number of hydrogen-bond donors (Lipinski definition) is 1. The molecule has 0 unspecified atom stereocenters. The second-order valence-electron chi connectivity index (χ2n) is 10.7. The van der Waals surface area contributed by atoms with Crippen LogP contribution < -0.4 is 15.9 Å². The van der Waals surface area contributed by atoms with Crippen LogP contribution in [-0.4, -0.2) is 23.0 Å². The third-order valence-electron chi connectivity index (χ3n) is 6.98. The van der Waals surface area contributed by atoms with Crippen LogP contribution in [-0.2, 0) is 6.16 Å². The highest BCUT2D eigenvalue weighted by Crippen LogP contribution is 2.60. The van der Waals surface area contributed by atoms with Crippen LogP contribution >= 0.6 is 7.26 Å². The molecule has 0 saturated carbocycles. The van der Waals surface area contributed by atoms with Crippen molar-refractivity contribution < 1.29 is 9.72 Å². The lowest BCUT2D eigenvalue weighted by Crippen LogP contribution is -2.48. The summed E-state index contributed by atoms with van der Waals surface area (Å²) in [6.45, 7) is 6.46. The Balaban J connectivity index is 1.78. The summed E-state index contributed by atoms with van der Waals surface area (Å²) in [5, 5.41) is 17.0. The lowest BCUT2D eigenvalue weighted by Gasteiger charge is -2.37. The van der Waals surface area contributed by atoms with Gasteiger partial charge in [0.05, 0.1) is 41.2 Å². The fourth-order valence-electron chi connectivity index (χ4n) is 4.75. The van der Waals surface area contributed by atoms with Crippen molar-refractivity contribution in [2.24, 2.45) is 5.41 Å². The van der Waals surface area contributed by atoms with Crippen LogP contribution in [0.1, 0.15) is 36.7 Å². The van der Waals surface area contributed by atoms with Gasteiger partial charge in [0.2, 0.25) is 0 Å². The highest BCUT2D eigenvalue weighted by atomic mass is 31.2. The summed E-state index contributed by atoms with van der Waals surface area (Å²) in [4.78, 5) is 24.1. The number of amides is 1. The summed E-state index contributed by atoms with van der Waals surface area (Å²) in [6.07, 6.45) is 1.65. The number of non-ortho nitro benzene ring substituents is 1. The van der Waals surface area contributed by atoms with Crippen molar-refractivity contribution in [2.45, 2.75) is 33.0 Å². The lowest BCUT2D eigenvalue weighted by atomic mass is 9.87. The number of carbonyl (C=O) groups excluding carboxylic acids is 1. The van der Waals surface area contributed by atoms with E-state index in [1.807, 2.05) is 18.2 Å². The Labute approximate surface area is 225 Å². The molecule has 0 fully saturated rings. The van der Waals surface area contributed by atoms with Crippen molar-refractivity contribution >= 4 is 29.5 Å². The first kappa shape index (κ1) is 27.2. The maximum Gasteiger partial charge on any atom is 0.269 e. The first-order chi connectivity index (χ1) is 18.2. The molecule has 0 aliphatic rings. The fourth-order valence-corrected chi connectivity index (χ4v) is 9.55. The van der Waals surface area contributed by atoms with E-state index in [4.69, 9.17) is 0 Å². The Morgan fingerprint density at radius 1 is 0.789 bits per heavy atom. The maximum absolute atomic E-state index is 13.4. The van der Waals surface area contributed by atoms with Crippen molar-refractivity contribution in [3.63, 3.8) is 0 Å². The van der Waals surface area contributed by atoms with Crippen LogP contribution in [0.3, 0.4) is 0 Å². The van der Waals surface area contributed by atoms with Crippen molar-refractivity contribution in [3.8, 4) is 0 Å². The van der Waals surface area contributed by atoms with Crippen LogP contribution in [0.4, 0.5) is 5.69 Å². The molecule has 0 aromatic heterocycles. The zero-order chi connectivity index (χ0) is 27.2. The van der Waals surface area contributed by atoms with E-state index in [0.29, 0.717) is 5.56 Å². The third kappa shape index (κ3) is 6.35. The van der Waals surface area contributed by atoms with E-state index in [2.05, 4.69) is 98.9 Å². The Hall–Kier alpha value is -3.82. The van der Waals surface area contributed by atoms with Gasteiger partial charge >= 0.3 is 0 Å². The molecule has 0 radical (unpaired) electrons. The molecule has 1 amide bonds. The lowest BCUT2D eigenvalue weighted by molar-refractivity contribution is -0.384. The minimum atomic E-state index is -2.05. The molecule has 0 spiro atoms. The Morgan fingerprint density at radius 3 is 1.71 bits per heavy atom. The molecule has 6 heteroatoms. The van der Waals surface area contributed by atoms with E-state index in [1.54, 1.807) is 0 Å². The minimum Gasteiger partial charge on any atom is -0.345 e. The second-order valence-corrected chi connectivity index (χ2v) is 14.3. The van der Waals surface area contributed by atoms with Crippen LogP contribution in [0.15, 0.2) is 115 Å². The van der Waals surface area contributed by atoms with Gasteiger partial charge in [-0.2, -0.15) is 0 Å². The van der Waals surface area contributed by atoms with Gasteiger partial charge in [0.25, 0.3) is 11.6 Å². The molecule has 38 heavy (non-hydrogen) atoms. The van der Waals surface area contributed by atoms with Gasteiger partial charge in [0.1, 0.15) is 0 Å². The van der Waals surface area contributed by atoms with Gasteiger partial charge in [-0.1, -0.05) is 87.5 Å². The quantitative estimate of drug-likeness (QED) is 0.152. The number of hydrogen-bond acceptors (Lipinski definition) is 3. The normalized spacial score (nSPS) is 12.5. The largest absolute Gasteiger partial charge is 0.345 e. The van der Waals surface area contributed by atoms with Gasteiger partial charge in [-0.05, 0) is 47.4 Å². The van der Waals surface area contributed by atoms with Crippen LogP contribution in [0.25, 0.3) is 0 Å². The summed E-state index contributed by atoms with van der Waals surface area (Å²) < 4.78 is 0. The zero-order valence-corrected chi connectivity index (χ0v) is 23.0.